The highest BCUT2D eigenvalue weighted by Crippen LogP contribution is 1.81. The molecule has 0 saturated heterocycles. The number of hydrogen-bond donors (Lipinski definition) is 2. The van der Waals surface area contributed by atoms with Gasteiger partial charge in [-0.3, -0.25) is 5.41 Å². The van der Waals surface area contributed by atoms with E-state index in [2.05, 4.69) is 4.99 Å². The Hall–Kier alpha value is -0.990. The fourth-order valence-corrected chi connectivity index (χ4v) is 0.335. The predicted octanol–water partition coefficient (Wildman–Crippen LogP) is 1.48. The molecule has 0 unspecified atom stereocenters. The van der Waals surface area contributed by atoms with Gasteiger partial charge in [0, 0.05) is 5.71 Å². The lowest BCUT2D eigenvalue weighted by atomic mass is 10.3. The molecule has 0 fully saturated rings. The maximum atomic E-state index is 7.07. The summed E-state index contributed by atoms with van der Waals surface area (Å²) in [4.78, 5) is 3.75. The normalized spacial score (nSPS) is 11.2. The van der Waals surface area contributed by atoms with Gasteiger partial charge in [-0.25, -0.2) is 4.99 Å². The SMILES string of the molecule is CC(=N)N=C(C)C(C)=N. The molecule has 0 aromatic carbocycles. The Bertz CT molecular complexity index is 167. The van der Waals surface area contributed by atoms with E-state index < -0.39 is 0 Å². The van der Waals surface area contributed by atoms with E-state index >= 15 is 0 Å². The van der Waals surface area contributed by atoms with Crippen molar-refractivity contribution in [1.29, 1.82) is 10.8 Å². The predicted molar refractivity (Wildman–Crippen MR) is 39.9 cm³/mol. The molecule has 50 valence electrons. The van der Waals surface area contributed by atoms with Gasteiger partial charge in [0.25, 0.3) is 0 Å². The van der Waals surface area contributed by atoms with Crippen LogP contribution in [-0.2, 0) is 0 Å². The summed E-state index contributed by atoms with van der Waals surface area (Å²) in [5, 5.41) is 14.0. The number of amidine groups is 1. The third-order valence-corrected chi connectivity index (χ3v) is 0.878. The van der Waals surface area contributed by atoms with Gasteiger partial charge in [-0.2, -0.15) is 0 Å². The molecular formula is C6H11N3. The van der Waals surface area contributed by atoms with E-state index in [-0.39, 0.29) is 5.84 Å². The zero-order valence-electron chi connectivity index (χ0n) is 5.95. The maximum Gasteiger partial charge on any atom is 0.117 e. The molecule has 0 spiro atoms. The zero-order chi connectivity index (χ0) is 7.44. The van der Waals surface area contributed by atoms with Crippen molar-refractivity contribution < 1.29 is 0 Å². The monoisotopic (exact) mass is 125 g/mol. The van der Waals surface area contributed by atoms with Crippen molar-refractivity contribution in [2.45, 2.75) is 20.8 Å². The van der Waals surface area contributed by atoms with Crippen molar-refractivity contribution >= 4 is 17.3 Å². The largest absolute Gasteiger partial charge is 0.304 e. The quantitative estimate of drug-likeness (QED) is 0.394. The van der Waals surface area contributed by atoms with Gasteiger partial charge in [-0.05, 0) is 20.8 Å². The molecule has 0 aliphatic carbocycles. The first kappa shape index (κ1) is 8.01. The van der Waals surface area contributed by atoms with Crippen molar-refractivity contribution in [3.05, 3.63) is 0 Å². The number of hydrogen-bond acceptors (Lipinski definition) is 2. The lowest BCUT2D eigenvalue weighted by Crippen LogP contribution is -2.05. The molecule has 0 atom stereocenters. The molecule has 0 radical (unpaired) electrons. The van der Waals surface area contributed by atoms with E-state index in [9.17, 15) is 0 Å². The highest BCUT2D eigenvalue weighted by molar-refractivity contribution is 6.40. The van der Waals surface area contributed by atoms with Gasteiger partial charge in [0.15, 0.2) is 0 Å². The van der Waals surface area contributed by atoms with Gasteiger partial charge < -0.3 is 5.41 Å². The van der Waals surface area contributed by atoms with Crippen LogP contribution in [-0.4, -0.2) is 17.3 Å². The molecule has 3 nitrogen and oxygen atoms in total. The van der Waals surface area contributed by atoms with Crippen molar-refractivity contribution in [2.24, 2.45) is 4.99 Å². The molecule has 2 N–H and O–H groups in total. The summed E-state index contributed by atoms with van der Waals surface area (Å²) < 4.78 is 0. The highest BCUT2D eigenvalue weighted by atomic mass is 14.8. The minimum atomic E-state index is 0.249. The number of aliphatic imine (C=N–C) groups is 1. The Morgan fingerprint density at radius 3 is 1.67 bits per heavy atom. The summed E-state index contributed by atoms with van der Waals surface area (Å²) >= 11 is 0. The molecule has 9 heavy (non-hydrogen) atoms. The molecule has 0 aliphatic rings. The molecule has 0 aliphatic heterocycles. The van der Waals surface area contributed by atoms with Crippen molar-refractivity contribution in [1.82, 2.24) is 0 Å². The second kappa shape index (κ2) is 3.12. The van der Waals surface area contributed by atoms with Crippen molar-refractivity contribution in [3.63, 3.8) is 0 Å². The Labute approximate surface area is 54.8 Å². The molecule has 0 rings (SSSR count). The van der Waals surface area contributed by atoms with Crippen LogP contribution >= 0.6 is 0 Å². The van der Waals surface area contributed by atoms with E-state index in [1.165, 1.54) is 0 Å². The second-order valence-corrected chi connectivity index (χ2v) is 1.91. The van der Waals surface area contributed by atoms with Gasteiger partial charge in [-0.15, -0.1) is 0 Å². The minimum Gasteiger partial charge on any atom is -0.304 e. The Balaban J connectivity index is 4.17. The van der Waals surface area contributed by atoms with Crippen LogP contribution in [0.3, 0.4) is 0 Å². The lowest BCUT2D eigenvalue weighted by molar-refractivity contribution is 1.40. The first-order valence-corrected chi connectivity index (χ1v) is 2.70. The molecule has 0 amide bonds. The highest BCUT2D eigenvalue weighted by Gasteiger charge is 1.91. The third-order valence-electron chi connectivity index (χ3n) is 0.878. The second-order valence-electron chi connectivity index (χ2n) is 1.91. The Morgan fingerprint density at radius 1 is 1.11 bits per heavy atom. The summed E-state index contributed by atoms with van der Waals surface area (Å²) in [6, 6.07) is 0. The Kier molecular flexibility index (Phi) is 2.78. The fraction of sp³-hybridized carbons (Fsp3) is 0.500. The zero-order valence-corrected chi connectivity index (χ0v) is 5.95. The van der Waals surface area contributed by atoms with Crippen molar-refractivity contribution in [3.8, 4) is 0 Å². The number of nitrogens with zero attached hydrogens (tertiary/aromatic N) is 1. The van der Waals surface area contributed by atoms with E-state index in [4.69, 9.17) is 10.8 Å². The average Bonchev–Trinajstić information content (AvgIpc) is 1.63. The van der Waals surface area contributed by atoms with Gasteiger partial charge in [0.05, 0.1) is 5.71 Å². The average molecular weight is 125 g/mol. The van der Waals surface area contributed by atoms with Crippen LogP contribution in [0.4, 0.5) is 0 Å². The smallest absolute Gasteiger partial charge is 0.117 e. The van der Waals surface area contributed by atoms with Crippen LogP contribution in [0, 0.1) is 10.8 Å². The van der Waals surface area contributed by atoms with E-state index in [1.54, 1.807) is 20.8 Å². The lowest BCUT2D eigenvalue weighted by Gasteiger charge is -1.92. The van der Waals surface area contributed by atoms with E-state index in [0.717, 1.165) is 0 Å². The first-order valence-electron chi connectivity index (χ1n) is 2.70. The van der Waals surface area contributed by atoms with Crippen LogP contribution in [0.2, 0.25) is 0 Å². The third kappa shape index (κ3) is 3.58. The Morgan fingerprint density at radius 2 is 1.56 bits per heavy atom. The van der Waals surface area contributed by atoms with Crippen LogP contribution in [0.15, 0.2) is 4.99 Å². The number of nitrogens with one attached hydrogen (secondary N) is 2. The molecular weight excluding hydrogens is 114 g/mol. The fourth-order valence-electron chi connectivity index (χ4n) is 0.335. The molecule has 0 aromatic heterocycles. The summed E-state index contributed by atoms with van der Waals surface area (Å²) in [5.74, 6) is 0.249. The minimum absolute atomic E-state index is 0.249. The standard InChI is InChI=1S/C6H11N3/c1-4(7)5(2)9-6(3)8/h7-8H,1-3H3. The summed E-state index contributed by atoms with van der Waals surface area (Å²) in [6.45, 7) is 4.97. The van der Waals surface area contributed by atoms with E-state index in [0.29, 0.717) is 11.4 Å². The summed E-state index contributed by atoms with van der Waals surface area (Å²) in [5.41, 5.74) is 1.03. The maximum absolute atomic E-state index is 7.07. The van der Waals surface area contributed by atoms with Gasteiger partial charge in [0.2, 0.25) is 0 Å². The topological polar surface area (TPSA) is 60.1 Å². The van der Waals surface area contributed by atoms with Crippen LogP contribution in [0.5, 0.6) is 0 Å². The summed E-state index contributed by atoms with van der Waals surface area (Å²) in [7, 11) is 0. The molecule has 0 saturated carbocycles. The van der Waals surface area contributed by atoms with E-state index in [1.807, 2.05) is 0 Å². The van der Waals surface area contributed by atoms with Crippen LogP contribution < -0.4 is 0 Å². The van der Waals surface area contributed by atoms with Crippen LogP contribution in [0.25, 0.3) is 0 Å². The molecule has 0 aromatic rings. The molecule has 0 bridgehead atoms. The van der Waals surface area contributed by atoms with Crippen molar-refractivity contribution in [2.75, 3.05) is 0 Å². The van der Waals surface area contributed by atoms with Gasteiger partial charge in [0.1, 0.15) is 5.84 Å². The first-order chi connectivity index (χ1) is 4.04. The van der Waals surface area contributed by atoms with Crippen LogP contribution in [0.1, 0.15) is 20.8 Å². The van der Waals surface area contributed by atoms with Gasteiger partial charge in [-0.1, -0.05) is 0 Å². The summed E-state index contributed by atoms with van der Waals surface area (Å²) in [6.07, 6.45) is 0. The molecule has 0 heterocycles. The van der Waals surface area contributed by atoms with Gasteiger partial charge >= 0.3 is 0 Å². The number of rotatable bonds is 1. The molecule has 3 heteroatoms.